The Kier molecular flexibility index (Phi) is 4.69. The summed E-state index contributed by atoms with van der Waals surface area (Å²) >= 11 is 0. The Morgan fingerprint density at radius 2 is 1.45 bits per heavy atom. The lowest BCUT2D eigenvalue weighted by Gasteiger charge is -2.33. The molecule has 0 heterocycles. The van der Waals surface area contributed by atoms with E-state index in [0.717, 1.165) is 25.9 Å². The average molecular weight is 159 g/mol. The third-order valence-corrected chi connectivity index (χ3v) is 1.76. The second-order valence-electron chi connectivity index (χ2n) is 3.48. The van der Waals surface area contributed by atoms with Gasteiger partial charge >= 0.3 is 0 Å². The minimum absolute atomic E-state index is 0.647. The number of nitrogens with zero attached hydrogens (tertiary/aromatic N) is 1. The fraction of sp³-hybridized carbons (Fsp3) is 1.00. The molecule has 0 aliphatic carbocycles. The quantitative estimate of drug-likeness (QED) is 0.619. The third-order valence-electron chi connectivity index (χ3n) is 1.76. The molecule has 0 rings (SSSR count). The topological polar surface area (TPSA) is 23.5 Å². The number of hydrogen-bond donors (Lipinski definition) is 1. The molecule has 0 aliphatic rings. The van der Waals surface area contributed by atoms with Crippen molar-refractivity contribution in [3.05, 3.63) is 0 Å². The van der Waals surface area contributed by atoms with Crippen LogP contribution in [0.25, 0.3) is 0 Å². The summed E-state index contributed by atoms with van der Waals surface area (Å²) in [5, 5.41) is 9.67. The molecule has 0 saturated heterocycles. The van der Waals surface area contributed by atoms with Crippen molar-refractivity contribution in [2.45, 2.75) is 46.3 Å². The van der Waals surface area contributed by atoms with Gasteiger partial charge in [0.25, 0.3) is 0 Å². The monoisotopic (exact) mass is 159 g/mol. The van der Waals surface area contributed by atoms with Crippen LogP contribution in [-0.2, 0) is 0 Å². The molecule has 1 N–H and O–H groups in total. The van der Waals surface area contributed by atoms with Crippen LogP contribution in [0, 0.1) is 0 Å². The lowest BCUT2D eigenvalue weighted by atomic mass is 10.2. The zero-order chi connectivity index (χ0) is 8.91. The molecule has 0 aromatic heterocycles. The highest BCUT2D eigenvalue weighted by molar-refractivity contribution is 4.67. The van der Waals surface area contributed by atoms with E-state index in [9.17, 15) is 5.11 Å². The molecule has 0 unspecified atom stereocenters. The maximum atomic E-state index is 9.67. The van der Waals surface area contributed by atoms with Gasteiger partial charge in [0.1, 0.15) is 5.72 Å². The first-order valence-electron chi connectivity index (χ1n) is 4.49. The summed E-state index contributed by atoms with van der Waals surface area (Å²) < 4.78 is 0. The van der Waals surface area contributed by atoms with Crippen LogP contribution in [-0.4, -0.2) is 28.8 Å². The summed E-state index contributed by atoms with van der Waals surface area (Å²) in [7, 11) is 0. The molecule has 0 fully saturated rings. The molecule has 0 spiro atoms. The van der Waals surface area contributed by atoms with E-state index >= 15 is 0 Å². The van der Waals surface area contributed by atoms with Gasteiger partial charge in [0.2, 0.25) is 0 Å². The molecule has 2 nitrogen and oxygen atoms in total. The van der Waals surface area contributed by atoms with Gasteiger partial charge in [-0.15, -0.1) is 0 Å². The van der Waals surface area contributed by atoms with E-state index in [4.69, 9.17) is 0 Å². The van der Waals surface area contributed by atoms with Gasteiger partial charge in [-0.25, -0.2) is 0 Å². The molecule has 0 bridgehead atoms. The molecule has 2 heteroatoms. The largest absolute Gasteiger partial charge is 0.376 e. The maximum absolute atomic E-state index is 9.67. The summed E-state index contributed by atoms with van der Waals surface area (Å²) in [6.45, 7) is 9.92. The molecule has 0 amide bonds. The Labute approximate surface area is 70.2 Å². The molecular formula is C9H21NO. The van der Waals surface area contributed by atoms with E-state index in [1.807, 2.05) is 13.8 Å². The van der Waals surface area contributed by atoms with E-state index in [0.29, 0.717) is 0 Å². The molecule has 11 heavy (non-hydrogen) atoms. The van der Waals surface area contributed by atoms with Crippen molar-refractivity contribution in [3.8, 4) is 0 Å². The summed E-state index contributed by atoms with van der Waals surface area (Å²) in [5.74, 6) is 0. The second-order valence-corrected chi connectivity index (χ2v) is 3.48. The number of aliphatic hydroxyl groups is 1. The summed E-state index contributed by atoms with van der Waals surface area (Å²) in [6, 6.07) is 0. The van der Waals surface area contributed by atoms with Crippen LogP contribution in [0.4, 0.5) is 0 Å². The Bertz CT molecular complexity index is 90.2. The van der Waals surface area contributed by atoms with Crippen molar-refractivity contribution in [2.75, 3.05) is 13.1 Å². The number of rotatable bonds is 5. The molecule has 0 radical (unpaired) electrons. The van der Waals surface area contributed by atoms with Crippen LogP contribution in [0.3, 0.4) is 0 Å². The first kappa shape index (κ1) is 10.9. The van der Waals surface area contributed by atoms with Gasteiger partial charge in [-0.1, -0.05) is 13.8 Å². The highest BCUT2D eigenvalue weighted by atomic mass is 16.3. The van der Waals surface area contributed by atoms with Crippen LogP contribution in [0.1, 0.15) is 40.5 Å². The zero-order valence-electron chi connectivity index (χ0n) is 8.22. The van der Waals surface area contributed by atoms with Crippen molar-refractivity contribution in [1.29, 1.82) is 0 Å². The minimum Gasteiger partial charge on any atom is -0.376 e. The Morgan fingerprint density at radius 3 is 1.64 bits per heavy atom. The summed E-state index contributed by atoms with van der Waals surface area (Å²) in [6.07, 6.45) is 2.20. The first-order chi connectivity index (χ1) is 5.02. The van der Waals surface area contributed by atoms with Gasteiger partial charge < -0.3 is 5.11 Å². The third kappa shape index (κ3) is 4.38. The molecule has 0 saturated carbocycles. The molecule has 68 valence electrons. The molecular weight excluding hydrogens is 138 g/mol. The van der Waals surface area contributed by atoms with E-state index in [-0.39, 0.29) is 0 Å². The minimum atomic E-state index is -0.647. The van der Waals surface area contributed by atoms with E-state index in [1.165, 1.54) is 0 Å². The summed E-state index contributed by atoms with van der Waals surface area (Å²) in [5.41, 5.74) is -0.647. The fourth-order valence-electron chi connectivity index (χ4n) is 1.20. The van der Waals surface area contributed by atoms with Gasteiger partial charge in [-0.05, 0) is 26.7 Å². The lowest BCUT2D eigenvalue weighted by Crippen LogP contribution is -2.44. The highest BCUT2D eigenvalue weighted by Crippen LogP contribution is 2.10. The second kappa shape index (κ2) is 4.73. The highest BCUT2D eigenvalue weighted by Gasteiger charge is 2.20. The van der Waals surface area contributed by atoms with Crippen LogP contribution in [0.2, 0.25) is 0 Å². The molecule has 0 aromatic carbocycles. The lowest BCUT2D eigenvalue weighted by molar-refractivity contribution is -0.0780. The SMILES string of the molecule is CCCN(CCC)C(C)(C)O. The van der Waals surface area contributed by atoms with Gasteiger partial charge in [0.15, 0.2) is 0 Å². The van der Waals surface area contributed by atoms with Crippen LogP contribution in [0.5, 0.6) is 0 Å². The average Bonchev–Trinajstić information content (AvgIpc) is 1.85. The molecule has 0 aliphatic heterocycles. The van der Waals surface area contributed by atoms with Crippen LogP contribution >= 0.6 is 0 Å². The van der Waals surface area contributed by atoms with Gasteiger partial charge in [-0.2, -0.15) is 0 Å². The van der Waals surface area contributed by atoms with Crippen LogP contribution < -0.4 is 0 Å². The normalized spacial score (nSPS) is 12.5. The molecule has 0 atom stereocenters. The first-order valence-corrected chi connectivity index (χ1v) is 4.49. The van der Waals surface area contributed by atoms with Crippen molar-refractivity contribution in [3.63, 3.8) is 0 Å². The van der Waals surface area contributed by atoms with Crippen molar-refractivity contribution in [2.24, 2.45) is 0 Å². The van der Waals surface area contributed by atoms with E-state index in [2.05, 4.69) is 18.7 Å². The fourth-order valence-corrected chi connectivity index (χ4v) is 1.20. The van der Waals surface area contributed by atoms with Crippen LogP contribution in [0.15, 0.2) is 0 Å². The smallest absolute Gasteiger partial charge is 0.112 e. The van der Waals surface area contributed by atoms with E-state index < -0.39 is 5.72 Å². The Hall–Kier alpha value is -0.0800. The Morgan fingerprint density at radius 1 is 1.09 bits per heavy atom. The predicted octanol–water partition coefficient (Wildman–Crippen LogP) is 1.84. The zero-order valence-corrected chi connectivity index (χ0v) is 8.22. The summed E-state index contributed by atoms with van der Waals surface area (Å²) in [4.78, 5) is 2.10. The van der Waals surface area contributed by atoms with Crippen molar-refractivity contribution >= 4 is 0 Å². The van der Waals surface area contributed by atoms with Crippen molar-refractivity contribution < 1.29 is 5.11 Å². The Balaban J connectivity index is 3.88. The van der Waals surface area contributed by atoms with Gasteiger partial charge in [0.05, 0.1) is 0 Å². The van der Waals surface area contributed by atoms with Gasteiger partial charge in [-0.3, -0.25) is 4.90 Å². The standard InChI is InChI=1S/C9H21NO/c1-5-7-10(8-6-2)9(3,4)11/h11H,5-8H2,1-4H3. The van der Waals surface area contributed by atoms with E-state index in [1.54, 1.807) is 0 Å². The maximum Gasteiger partial charge on any atom is 0.112 e. The van der Waals surface area contributed by atoms with Gasteiger partial charge in [0, 0.05) is 13.1 Å². The van der Waals surface area contributed by atoms with Crippen molar-refractivity contribution in [1.82, 2.24) is 4.90 Å². The molecule has 0 aromatic rings. The predicted molar refractivity (Wildman–Crippen MR) is 48.5 cm³/mol. The number of hydrogen-bond acceptors (Lipinski definition) is 2.